The van der Waals surface area contributed by atoms with Crippen molar-refractivity contribution in [3.63, 3.8) is 0 Å². The van der Waals surface area contributed by atoms with Crippen LogP contribution >= 0.6 is 11.3 Å². The smallest absolute Gasteiger partial charge is 0.248 e. The largest absolute Gasteiger partial charge is 0.421 e. The average Bonchev–Trinajstić information content (AvgIpc) is 3.18. The Labute approximate surface area is 169 Å². The summed E-state index contributed by atoms with van der Waals surface area (Å²) in [5.74, 6) is 1.72. The number of carbonyl (C=O) groups is 1. The molecule has 0 saturated heterocycles. The summed E-state index contributed by atoms with van der Waals surface area (Å²) in [5.41, 5.74) is 3.44. The maximum absolute atomic E-state index is 12.9. The second kappa shape index (κ2) is 8.27. The molecule has 5 nitrogen and oxygen atoms in total. The first-order valence-corrected chi connectivity index (χ1v) is 10.8. The van der Waals surface area contributed by atoms with Crippen molar-refractivity contribution in [3.05, 3.63) is 58.1 Å². The fraction of sp³-hybridized carbons (Fsp3) is 0.409. The van der Waals surface area contributed by atoms with Gasteiger partial charge in [-0.1, -0.05) is 38.1 Å². The topological polar surface area (TPSA) is 59.2 Å². The minimum absolute atomic E-state index is 0.158. The van der Waals surface area contributed by atoms with Gasteiger partial charge in [0.2, 0.25) is 17.7 Å². The third-order valence-corrected chi connectivity index (χ3v) is 5.78. The van der Waals surface area contributed by atoms with Crippen molar-refractivity contribution in [2.45, 2.75) is 58.0 Å². The molecule has 1 aliphatic rings. The van der Waals surface area contributed by atoms with Gasteiger partial charge in [-0.3, -0.25) is 4.79 Å². The number of aryl methyl sites for hydroxylation is 1. The van der Waals surface area contributed by atoms with Gasteiger partial charge >= 0.3 is 0 Å². The van der Waals surface area contributed by atoms with Crippen LogP contribution in [-0.2, 0) is 17.8 Å². The van der Waals surface area contributed by atoms with Crippen molar-refractivity contribution in [2.75, 3.05) is 0 Å². The van der Waals surface area contributed by atoms with Crippen molar-refractivity contribution in [3.8, 4) is 11.5 Å². The highest BCUT2D eigenvalue weighted by molar-refractivity contribution is 7.08. The number of amides is 1. The van der Waals surface area contributed by atoms with Crippen LogP contribution in [0.4, 0.5) is 0 Å². The number of benzene rings is 1. The summed E-state index contributed by atoms with van der Waals surface area (Å²) >= 11 is 1.59. The lowest BCUT2D eigenvalue weighted by atomic mass is 10.0. The second-order valence-electron chi connectivity index (χ2n) is 7.66. The monoisotopic (exact) mass is 395 g/mol. The molecule has 0 spiro atoms. The first kappa shape index (κ1) is 18.9. The Morgan fingerprint density at radius 1 is 1.21 bits per heavy atom. The van der Waals surface area contributed by atoms with Gasteiger partial charge in [0.05, 0.1) is 0 Å². The highest BCUT2D eigenvalue weighted by atomic mass is 32.1. The van der Waals surface area contributed by atoms with Crippen LogP contribution in [0, 0.1) is 0 Å². The molecule has 146 valence electrons. The van der Waals surface area contributed by atoms with Crippen LogP contribution in [0.1, 0.15) is 56.0 Å². The summed E-state index contributed by atoms with van der Waals surface area (Å²) < 4.78 is 5.70. The third-order valence-electron chi connectivity index (χ3n) is 5.10. The molecule has 6 heteroatoms. The summed E-state index contributed by atoms with van der Waals surface area (Å²) in [7, 11) is 0. The molecule has 4 rings (SSSR count). The molecule has 1 fully saturated rings. The molecule has 1 aliphatic carbocycles. The predicted molar refractivity (Wildman–Crippen MR) is 110 cm³/mol. The van der Waals surface area contributed by atoms with Gasteiger partial charge in [-0.15, -0.1) is 10.2 Å². The normalized spacial score (nSPS) is 13.8. The number of rotatable bonds is 8. The zero-order valence-corrected chi connectivity index (χ0v) is 17.1. The Bertz CT molecular complexity index is 912. The number of hydrogen-bond acceptors (Lipinski definition) is 5. The van der Waals surface area contributed by atoms with Crippen LogP contribution < -0.4 is 0 Å². The van der Waals surface area contributed by atoms with Crippen molar-refractivity contribution in [1.82, 2.24) is 15.1 Å². The van der Waals surface area contributed by atoms with Gasteiger partial charge in [0.1, 0.15) is 0 Å². The van der Waals surface area contributed by atoms with Crippen molar-refractivity contribution < 1.29 is 9.21 Å². The minimum Gasteiger partial charge on any atom is -0.421 e. The minimum atomic E-state index is 0.158. The number of aromatic nitrogens is 2. The zero-order chi connectivity index (χ0) is 19.5. The summed E-state index contributed by atoms with van der Waals surface area (Å²) in [6.07, 6.45) is 3.06. The van der Waals surface area contributed by atoms with E-state index >= 15 is 0 Å². The van der Waals surface area contributed by atoms with E-state index < -0.39 is 0 Å². The van der Waals surface area contributed by atoms with E-state index in [-0.39, 0.29) is 5.91 Å². The number of thiophene rings is 1. The molecule has 1 saturated carbocycles. The first-order valence-electron chi connectivity index (χ1n) is 9.83. The SMILES string of the molecule is CC(C)c1ccc(CN(C(=O)CCc2nnc(-c3ccsc3)o2)C2CC2)cc1. The van der Waals surface area contributed by atoms with E-state index in [9.17, 15) is 4.79 Å². The molecule has 0 aliphatic heterocycles. The van der Waals surface area contributed by atoms with E-state index in [1.165, 1.54) is 11.1 Å². The Balaban J connectivity index is 1.36. The van der Waals surface area contributed by atoms with Crippen LogP contribution in [0.15, 0.2) is 45.5 Å². The number of hydrogen-bond donors (Lipinski definition) is 0. The molecule has 0 bridgehead atoms. The van der Waals surface area contributed by atoms with E-state index in [4.69, 9.17) is 4.42 Å². The molecule has 1 amide bonds. The van der Waals surface area contributed by atoms with Crippen LogP contribution in [0.3, 0.4) is 0 Å². The van der Waals surface area contributed by atoms with Gasteiger partial charge in [-0.2, -0.15) is 11.3 Å². The highest BCUT2D eigenvalue weighted by Crippen LogP contribution is 2.29. The van der Waals surface area contributed by atoms with Gasteiger partial charge in [0.25, 0.3) is 0 Å². The van der Waals surface area contributed by atoms with E-state index in [0.29, 0.717) is 43.1 Å². The highest BCUT2D eigenvalue weighted by Gasteiger charge is 2.32. The lowest BCUT2D eigenvalue weighted by Crippen LogP contribution is -2.32. The van der Waals surface area contributed by atoms with Crippen molar-refractivity contribution >= 4 is 17.2 Å². The van der Waals surface area contributed by atoms with Gasteiger partial charge < -0.3 is 9.32 Å². The van der Waals surface area contributed by atoms with Crippen molar-refractivity contribution in [1.29, 1.82) is 0 Å². The van der Waals surface area contributed by atoms with E-state index in [2.05, 4.69) is 48.3 Å². The molecule has 2 aromatic heterocycles. The molecule has 3 aromatic rings. The molecule has 28 heavy (non-hydrogen) atoms. The molecular formula is C22H25N3O2S. The number of carbonyl (C=O) groups excluding carboxylic acids is 1. The summed E-state index contributed by atoms with van der Waals surface area (Å²) in [6.45, 7) is 5.05. The summed E-state index contributed by atoms with van der Waals surface area (Å²) in [4.78, 5) is 14.9. The van der Waals surface area contributed by atoms with E-state index in [0.717, 1.165) is 18.4 Å². The Kier molecular flexibility index (Phi) is 5.57. The van der Waals surface area contributed by atoms with Crippen LogP contribution in [0.2, 0.25) is 0 Å². The quantitative estimate of drug-likeness (QED) is 0.536. The second-order valence-corrected chi connectivity index (χ2v) is 8.44. The maximum atomic E-state index is 12.9. The Morgan fingerprint density at radius 3 is 2.64 bits per heavy atom. The molecule has 2 heterocycles. The van der Waals surface area contributed by atoms with Crippen LogP contribution in [0.25, 0.3) is 11.5 Å². The predicted octanol–water partition coefficient (Wildman–Crippen LogP) is 5.05. The standard InChI is InChI=1S/C22H25N3O2S/c1-15(2)17-5-3-16(4-6-17)13-25(19-7-8-19)21(26)10-9-20-23-24-22(27-20)18-11-12-28-14-18/h3-6,11-12,14-15,19H,7-10,13H2,1-2H3. The van der Waals surface area contributed by atoms with Gasteiger partial charge in [0, 0.05) is 36.4 Å². The molecule has 0 radical (unpaired) electrons. The Hall–Kier alpha value is -2.47. The van der Waals surface area contributed by atoms with Crippen molar-refractivity contribution in [2.24, 2.45) is 0 Å². The van der Waals surface area contributed by atoms with Crippen LogP contribution in [-0.4, -0.2) is 27.0 Å². The van der Waals surface area contributed by atoms with E-state index in [1.807, 2.05) is 21.7 Å². The fourth-order valence-corrected chi connectivity index (χ4v) is 3.86. The lowest BCUT2D eigenvalue weighted by Gasteiger charge is -2.22. The summed E-state index contributed by atoms with van der Waals surface area (Å²) in [6, 6.07) is 10.9. The van der Waals surface area contributed by atoms with E-state index in [1.54, 1.807) is 11.3 Å². The molecule has 0 atom stereocenters. The molecular weight excluding hydrogens is 370 g/mol. The zero-order valence-electron chi connectivity index (χ0n) is 16.3. The van der Waals surface area contributed by atoms with Gasteiger partial charge in [-0.05, 0) is 41.3 Å². The lowest BCUT2D eigenvalue weighted by molar-refractivity contribution is -0.132. The molecule has 1 aromatic carbocycles. The van der Waals surface area contributed by atoms with Gasteiger partial charge in [0.15, 0.2) is 0 Å². The third kappa shape index (κ3) is 4.50. The fourth-order valence-electron chi connectivity index (χ4n) is 3.23. The first-order chi connectivity index (χ1) is 13.6. The Morgan fingerprint density at radius 2 is 2.00 bits per heavy atom. The van der Waals surface area contributed by atoms with Gasteiger partial charge in [-0.25, -0.2) is 0 Å². The number of nitrogens with zero attached hydrogens (tertiary/aromatic N) is 3. The molecule has 0 unspecified atom stereocenters. The maximum Gasteiger partial charge on any atom is 0.248 e. The molecule has 0 N–H and O–H groups in total. The van der Waals surface area contributed by atoms with Crippen LogP contribution in [0.5, 0.6) is 0 Å². The average molecular weight is 396 g/mol. The summed E-state index contributed by atoms with van der Waals surface area (Å²) in [5, 5.41) is 12.1.